The van der Waals surface area contributed by atoms with Crippen molar-refractivity contribution >= 4 is 23.5 Å². The van der Waals surface area contributed by atoms with Gasteiger partial charge in [-0.1, -0.05) is 6.07 Å². The zero-order valence-corrected chi connectivity index (χ0v) is 15.1. The van der Waals surface area contributed by atoms with Crippen molar-refractivity contribution < 1.29 is 24.2 Å². The molecule has 1 N–H and O–H groups in total. The summed E-state index contributed by atoms with van der Waals surface area (Å²) in [4.78, 5) is 39.7. The first-order chi connectivity index (χ1) is 12.4. The van der Waals surface area contributed by atoms with Crippen molar-refractivity contribution in [3.05, 3.63) is 23.8 Å². The minimum atomic E-state index is -0.800. The number of likely N-dealkylation sites (tertiary alicyclic amines) is 1. The maximum Gasteiger partial charge on any atom is 0.306 e. The van der Waals surface area contributed by atoms with Crippen LogP contribution < -0.4 is 9.64 Å². The number of carboxylic acids is 1. The summed E-state index contributed by atoms with van der Waals surface area (Å²) in [6, 6.07) is 5.63. The van der Waals surface area contributed by atoms with Crippen LogP contribution >= 0.6 is 0 Å². The molecule has 1 aromatic carbocycles. The molecule has 1 aromatic rings. The number of anilines is 1. The number of nitrogens with zero attached hydrogens (tertiary/aromatic N) is 2. The second-order valence-electron chi connectivity index (χ2n) is 7.02. The highest BCUT2D eigenvalue weighted by atomic mass is 16.5. The maximum atomic E-state index is 12.8. The van der Waals surface area contributed by atoms with Crippen LogP contribution in [-0.2, 0) is 14.4 Å². The average molecular weight is 360 g/mol. The zero-order chi connectivity index (χ0) is 18.8. The van der Waals surface area contributed by atoms with Gasteiger partial charge in [-0.3, -0.25) is 14.4 Å². The van der Waals surface area contributed by atoms with E-state index in [1.54, 1.807) is 16.9 Å². The van der Waals surface area contributed by atoms with Gasteiger partial charge in [-0.15, -0.1) is 0 Å². The first-order valence-electron chi connectivity index (χ1n) is 8.87. The molecule has 2 heterocycles. The van der Waals surface area contributed by atoms with Crippen molar-refractivity contribution in [2.45, 2.75) is 26.2 Å². The number of ether oxygens (including phenoxy) is 1. The van der Waals surface area contributed by atoms with E-state index in [9.17, 15) is 14.4 Å². The standard InChI is InChI=1S/C19H24N2O5/c1-12-3-4-16(26-2)15(9-12)21-11-14(10-17(21)22)18(23)20-7-5-13(6-8-20)19(24)25/h3-4,9,13-14H,5-8,10-11H2,1-2H3,(H,24,25). The monoisotopic (exact) mass is 360 g/mol. The molecule has 7 heteroatoms. The summed E-state index contributed by atoms with van der Waals surface area (Å²) < 4.78 is 5.36. The number of rotatable bonds is 4. The van der Waals surface area contributed by atoms with E-state index in [0.29, 0.717) is 43.9 Å². The lowest BCUT2D eigenvalue weighted by molar-refractivity contribution is -0.146. The average Bonchev–Trinajstić information content (AvgIpc) is 3.02. The Bertz CT molecular complexity index is 725. The minimum absolute atomic E-state index is 0.0590. The molecule has 1 unspecified atom stereocenters. The van der Waals surface area contributed by atoms with E-state index in [4.69, 9.17) is 9.84 Å². The van der Waals surface area contributed by atoms with Crippen molar-refractivity contribution in [3.63, 3.8) is 0 Å². The fraction of sp³-hybridized carbons (Fsp3) is 0.526. The molecule has 2 aliphatic heterocycles. The molecule has 2 amide bonds. The van der Waals surface area contributed by atoms with E-state index in [-0.39, 0.29) is 24.2 Å². The summed E-state index contributed by atoms with van der Waals surface area (Å²) in [5.41, 5.74) is 1.71. The Balaban J connectivity index is 1.69. The van der Waals surface area contributed by atoms with Gasteiger partial charge < -0.3 is 19.6 Å². The van der Waals surface area contributed by atoms with Crippen LogP contribution in [0.15, 0.2) is 18.2 Å². The van der Waals surface area contributed by atoms with E-state index >= 15 is 0 Å². The van der Waals surface area contributed by atoms with Crippen molar-refractivity contribution in [3.8, 4) is 5.75 Å². The van der Waals surface area contributed by atoms with E-state index in [1.165, 1.54) is 0 Å². The molecule has 2 fully saturated rings. The Morgan fingerprint density at radius 2 is 1.88 bits per heavy atom. The lowest BCUT2D eigenvalue weighted by atomic mass is 9.95. The summed E-state index contributed by atoms with van der Waals surface area (Å²) in [7, 11) is 1.56. The number of carbonyl (C=O) groups excluding carboxylic acids is 2. The van der Waals surface area contributed by atoms with Gasteiger partial charge in [-0.05, 0) is 37.5 Å². The van der Waals surface area contributed by atoms with Gasteiger partial charge in [0.2, 0.25) is 11.8 Å². The first-order valence-corrected chi connectivity index (χ1v) is 8.87. The lowest BCUT2D eigenvalue weighted by Gasteiger charge is -2.31. The molecular formula is C19H24N2O5. The maximum absolute atomic E-state index is 12.8. The number of carbonyl (C=O) groups is 3. The number of methoxy groups -OCH3 is 1. The second-order valence-corrected chi connectivity index (χ2v) is 7.02. The normalized spacial score (nSPS) is 21.2. The van der Waals surface area contributed by atoms with Crippen LogP contribution in [-0.4, -0.2) is 54.5 Å². The fourth-order valence-electron chi connectivity index (χ4n) is 3.72. The van der Waals surface area contributed by atoms with Gasteiger partial charge in [-0.2, -0.15) is 0 Å². The zero-order valence-electron chi connectivity index (χ0n) is 15.1. The summed E-state index contributed by atoms with van der Waals surface area (Å²) in [6.45, 7) is 3.15. The van der Waals surface area contributed by atoms with Crippen molar-refractivity contribution in [2.24, 2.45) is 11.8 Å². The third-order valence-corrected chi connectivity index (χ3v) is 5.26. The van der Waals surface area contributed by atoms with Crippen molar-refractivity contribution in [2.75, 3.05) is 31.6 Å². The van der Waals surface area contributed by atoms with Crippen LogP contribution in [0.1, 0.15) is 24.8 Å². The predicted octanol–water partition coefficient (Wildman–Crippen LogP) is 1.68. The summed E-state index contributed by atoms with van der Waals surface area (Å²) >= 11 is 0. The number of carboxylic acid groups (broad SMARTS) is 1. The Labute approximate surface area is 152 Å². The van der Waals surface area contributed by atoms with E-state index in [2.05, 4.69) is 0 Å². The largest absolute Gasteiger partial charge is 0.495 e. The van der Waals surface area contributed by atoms with Crippen LogP contribution in [0.25, 0.3) is 0 Å². The van der Waals surface area contributed by atoms with E-state index in [0.717, 1.165) is 5.56 Å². The molecule has 3 rings (SSSR count). The number of benzene rings is 1. The van der Waals surface area contributed by atoms with Crippen LogP contribution in [0.2, 0.25) is 0 Å². The molecule has 0 aromatic heterocycles. The molecule has 2 saturated heterocycles. The van der Waals surface area contributed by atoms with Gasteiger partial charge in [-0.25, -0.2) is 0 Å². The van der Waals surface area contributed by atoms with Crippen LogP contribution in [0.4, 0.5) is 5.69 Å². The van der Waals surface area contributed by atoms with Crippen LogP contribution in [0, 0.1) is 18.8 Å². The molecular weight excluding hydrogens is 336 g/mol. The van der Waals surface area contributed by atoms with E-state index < -0.39 is 11.9 Å². The third kappa shape index (κ3) is 3.52. The van der Waals surface area contributed by atoms with Gasteiger partial charge in [0.05, 0.1) is 24.6 Å². The third-order valence-electron chi connectivity index (χ3n) is 5.26. The summed E-state index contributed by atoms with van der Waals surface area (Å²) in [6.07, 6.45) is 1.11. The molecule has 0 saturated carbocycles. The number of aryl methyl sites for hydroxylation is 1. The molecule has 0 bridgehead atoms. The Morgan fingerprint density at radius 1 is 1.19 bits per heavy atom. The topological polar surface area (TPSA) is 87.2 Å². The quantitative estimate of drug-likeness (QED) is 0.883. The smallest absolute Gasteiger partial charge is 0.306 e. The highest BCUT2D eigenvalue weighted by Crippen LogP contribution is 2.34. The van der Waals surface area contributed by atoms with Gasteiger partial charge in [0.15, 0.2) is 0 Å². The Kier molecular flexibility index (Phi) is 5.15. The molecule has 0 radical (unpaired) electrons. The second kappa shape index (κ2) is 7.35. The lowest BCUT2D eigenvalue weighted by Crippen LogP contribution is -2.43. The SMILES string of the molecule is COc1ccc(C)cc1N1CC(C(=O)N2CCC(C(=O)O)CC2)CC1=O. The number of hydrogen-bond donors (Lipinski definition) is 1. The molecule has 7 nitrogen and oxygen atoms in total. The summed E-state index contributed by atoms with van der Waals surface area (Å²) in [5, 5.41) is 9.08. The molecule has 2 aliphatic rings. The van der Waals surface area contributed by atoms with Crippen molar-refractivity contribution in [1.82, 2.24) is 4.90 Å². The first kappa shape index (κ1) is 18.2. The van der Waals surface area contributed by atoms with Gasteiger partial charge in [0.1, 0.15) is 5.75 Å². The predicted molar refractivity (Wildman–Crippen MR) is 95.1 cm³/mol. The number of aliphatic carboxylic acids is 1. The number of hydrogen-bond acceptors (Lipinski definition) is 4. The molecule has 26 heavy (non-hydrogen) atoms. The minimum Gasteiger partial charge on any atom is -0.495 e. The van der Waals surface area contributed by atoms with Gasteiger partial charge >= 0.3 is 5.97 Å². The number of amides is 2. The van der Waals surface area contributed by atoms with Gasteiger partial charge in [0.25, 0.3) is 0 Å². The highest BCUT2D eigenvalue weighted by Gasteiger charge is 2.39. The molecule has 140 valence electrons. The van der Waals surface area contributed by atoms with Crippen LogP contribution in [0.5, 0.6) is 5.75 Å². The fourth-order valence-corrected chi connectivity index (χ4v) is 3.72. The summed E-state index contributed by atoms with van der Waals surface area (Å²) in [5.74, 6) is -1.11. The number of piperidine rings is 1. The Hall–Kier alpha value is -2.57. The van der Waals surface area contributed by atoms with Crippen molar-refractivity contribution in [1.29, 1.82) is 0 Å². The highest BCUT2D eigenvalue weighted by molar-refractivity contribution is 6.01. The molecule has 0 spiro atoms. The molecule has 1 atom stereocenters. The van der Waals surface area contributed by atoms with E-state index in [1.807, 2.05) is 25.1 Å². The molecule has 0 aliphatic carbocycles. The van der Waals surface area contributed by atoms with Gasteiger partial charge in [0, 0.05) is 26.1 Å². The van der Waals surface area contributed by atoms with Crippen LogP contribution in [0.3, 0.4) is 0 Å². The Morgan fingerprint density at radius 3 is 2.50 bits per heavy atom.